The highest BCUT2D eigenvalue weighted by Crippen LogP contribution is 2.77. The van der Waals surface area contributed by atoms with Crippen LogP contribution in [-0.4, -0.2) is 291 Å². The van der Waals surface area contributed by atoms with Gasteiger partial charge in [0.05, 0.1) is 81.8 Å². The number of methoxy groups -OCH3 is 4. The minimum atomic E-state index is -1.08. The summed E-state index contributed by atoms with van der Waals surface area (Å²) in [5, 5.41) is 96.2. The Morgan fingerprint density at radius 2 is 0.797 bits per heavy atom. The summed E-state index contributed by atoms with van der Waals surface area (Å²) in [5.74, 6) is -4.48. The van der Waals surface area contributed by atoms with Crippen LogP contribution in [0.15, 0.2) is 46.6 Å². The summed E-state index contributed by atoms with van der Waals surface area (Å²) in [7, 11) is 5.68. The molecule has 0 bridgehead atoms. The Morgan fingerprint density at radius 3 is 1.27 bits per heavy atom. The number of carbonyl (C=O) groups excluding carboxylic acids is 12. The summed E-state index contributed by atoms with van der Waals surface area (Å²) in [6.07, 6.45) is 9.34. The molecule has 1 unspecified atom stereocenters. The van der Waals surface area contributed by atoms with Gasteiger partial charge in [0.25, 0.3) is 0 Å². The topological polar surface area (TPSA) is 533 Å². The second-order valence-corrected chi connectivity index (χ2v) is 49.1. The van der Waals surface area contributed by atoms with Crippen LogP contribution in [0.1, 0.15) is 259 Å². The highest BCUT2D eigenvalue weighted by atomic mass is 16.8. The van der Waals surface area contributed by atoms with Crippen LogP contribution in [0.25, 0.3) is 0 Å². The highest BCUT2D eigenvalue weighted by Gasteiger charge is 2.86. The fourth-order valence-electron chi connectivity index (χ4n) is 35.1. The average molecular weight is 2010 g/mol. The largest absolute Gasteiger partial charge is 0.469 e. The second kappa shape index (κ2) is 35.9. The summed E-state index contributed by atoms with van der Waals surface area (Å²) in [5.41, 5.74) is -7.29. The van der Waals surface area contributed by atoms with Gasteiger partial charge in [0.15, 0.2) is 22.4 Å². The third kappa shape index (κ3) is 15.1. The lowest BCUT2D eigenvalue weighted by Crippen LogP contribution is -2.68. The molecule has 12 saturated carbocycles. The van der Waals surface area contributed by atoms with Gasteiger partial charge >= 0.3 is 35.8 Å². The van der Waals surface area contributed by atoms with E-state index in [0.29, 0.717) is 12.8 Å². The molecule has 0 aromatic rings. The van der Waals surface area contributed by atoms with Crippen molar-refractivity contribution in [3.63, 3.8) is 0 Å². The quantitative estimate of drug-likeness (QED) is 0.0371. The molecule has 22 aliphatic rings. The van der Waals surface area contributed by atoms with Gasteiger partial charge in [-0.15, -0.1) is 0 Å². The molecule has 9 N–H and O–H groups in total. The number of esters is 6. The van der Waals surface area contributed by atoms with Crippen molar-refractivity contribution < 1.29 is 170 Å². The number of cyclic esters (lactones) is 5. The third-order valence-corrected chi connectivity index (χ3v) is 42.5. The number of hydrogen-bond donors (Lipinski definition) is 9. The van der Waals surface area contributed by atoms with E-state index < -0.39 is 204 Å². The monoisotopic (exact) mass is 2010 g/mol. The number of carbonyl (C=O) groups is 12. The molecule has 794 valence electrons. The summed E-state index contributed by atoms with van der Waals surface area (Å²) >= 11 is 0. The molecule has 10 heterocycles. The fourth-order valence-corrected chi connectivity index (χ4v) is 35.1. The number of ether oxygens (including phenoxy) is 14. The molecule has 4 spiro atoms. The number of aliphatic hydroxyl groups is 9. The van der Waals surface area contributed by atoms with Crippen LogP contribution in [-0.2, 0) is 124 Å². The van der Waals surface area contributed by atoms with Gasteiger partial charge < -0.3 is 112 Å². The Kier molecular flexibility index (Phi) is 27.0. The Bertz CT molecular complexity index is 5320. The van der Waals surface area contributed by atoms with Crippen LogP contribution in [0, 0.1) is 118 Å². The van der Waals surface area contributed by atoms with Crippen LogP contribution >= 0.6 is 0 Å². The van der Waals surface area contributed by atoms with Crippen LogP contribution in [0.3, 0.4) is 0 Å². The minimum absolute atomic E-state index is 0.0322. The Morgan fingerprint density at radius 1 is 0.392 bits per heavy atom. The van der Waals surface area contributed by atoms with E-state index in [1.54, 1.807) is 53.7 Å². The molecule has 0 radical (unpaired) electrons. The van der Waals surface area contributed by atoms with Gasteiger partial charge in [-0.25, -0.2) is 14.4 Å². The van der Waals surface area contributed by atoms with Gasteiger partial charge in [0.1, 0.15) is 83.5 Å². The lowest BCUT2D eigenvalue weighted by Gasteiger charge is -2.63. The second-order valence-electron chi connectivity index (χ2n) is 49.1. The predicted octanol–water partition coefficient (Wildman–Crippen LogP) is 7.58. The molecule has 7 saturated heterocycles. The molecule has 143 heavy (non-hydrogen) atoms. The number of fused-ring (bicyclic) bond motifs is 13. The summed E-state index contributed by atoms with van der Waals surface area (Å²) in [6, 6.07) is 0. The smallest absolute Gasteiger partial charge is 0.333 e. The van der Waals surface area contributed by atoms with Crippen LogP contribution in [0.5, 0.6) is 0 Å². The van der Waals surface area contributed by atoms with Crippen molar-refractivity contribution >= 4 is 70.5 Å². The molecule has 42 atom stereocenters. The number of hydrogen-bond acceptors (Lipinski definition) is 35. The first-order chi connectivity index (χ1) is 66.7. The van der Waals surface area contributed by atoms with E-state index in [2.05, 4.69) is 20.8 Å². The first kappa shape index (κ1) is 107. The lowest BCUT2D eigenvalue weighted by atomic mass is 9.43. The molecular formula is C108H152O35. The average Bonchev–Trinajstić information content (AvgIpc) is 1.49. The van der Waals surface area contributed by atoms with Crippen molar-refractivity contribution in [1.82, 2.24) is 0 Å². The fraction of sp³-hybridized carbons (Fsp3) is 0.815. The molecule has 19 fully saturated rings. The Labute approximate surface area is 835 Å². The molecule has 35 heteroatoms. The van der Waals surface area contributed by atoms with Gasteiger partial charge in [-0.05, 0) is 179 Å². The zero-order valence-corrected chi connectivity index (χ0v) is 86.9. The maximum absolute atomic E-state index is 12.5. The van der Waals surface area contributed by atoms with E-state index >= 15 is 0 Å². The predicted molar refractivity (Wildman–Crippen MR) is 500 cm³/mol. The van der Waals surface area contributed by atoms with Crippen molar-refractivity contribution in [2.45, 2.75) is 386 Å². The summed E-state index contributed by atoms with van der Waals surface area (Å²) in [6.45, 7) is 33.3. The van der Waals surface area contributed by atoms with Crippen molar-refractivity contribution in [2.24, 2.45) is 118 Å². The normalized spacial score (nSPS) is 51.9. The standard InChI is InChI=1S/C20H26O7.C18H26O6.C18H24O6.C18H28O6.C17H22O5.C17H26O5/c1-10(21)18(2)6-5-7-19(3)11-8-14(23)26-12(9-13(22)25-4)20(11)17(27-20)15(24)16(18)19;2*1-9(19)16(2)6-5-7-17(3)10-8-11(20)23-15(22-4)18(10)14(24-18)12(21)13(16)17;1-9(19)17(2)6-5-7-18(3)10-8-11(20)24-16(23-4)12(10)13(21)14(22)15(17)18;1-9(18)15(2)5-4-6-16(3)10-7-11(19)21-8-17(10)14(22-17)12(20)13(15)16;1-10(20)15(2)6-4-7-16(3)11(5-8-18)17(9-19)14(22-17)12(21)13(15)16/h8,12,15-17,24H,5-7,9H2,1-4H3;10,12-15,21H,5-8H2,1-4H3;8,12-15,21H,5-7H2,1-4H3;10,12-16,21-22H,5-8H2,1-4H3;7,12-14,20H,4-6,8H2,1-3H3;5,12-14,18-19,21H,4,6-9H2,1-3H3/b;;;;;11-5-/t12?,15-,16-,17+,18+,19+,20+;10-,12+,13+,14-,15+,16-,17-,18+;12-,13-,14+,15+,16+,17+,18-;10-,12+,13-,14+,15-,16-,17+,18+;2*12-,13-,14+,15+,16+,17-/m010000/s1. The number of aliphatic hydroxyl groups excluding tert-OH is 9. The van der Waals surface area contributed by atoms with Crippen molar-refractivity contribution in [3.8, 4) is 0 Å². The molecule has 10 aliphatic heterocycles. The summed E-state index contributed by atoms with van der Waals surface area (Å²) < 4.78 is 76.8. The van der Waals surface area contributed by atoms with Crippen LogP contribution in [0.2, 0.25) is 0 Å². The van der Waals surface area contributed by atoms with Crippen molar-refractivity contribution in [1.29, 1.82) is 0 Å². The highest BCUT2D eigenvalue weighted by molar-refractivity contribution is 5.91. The maximum atomic E-state index is 12.5. The van der Waals surface area contributed by atoms with E-state index in [-0.39, 0.29) is 151 Å². The number of rotatable bonds is 13. The zero-order chi connectivity index (χ0) is 105. The maximum Gasteiger partial charge on any atom is 0.333 e. The van der Waals surface area contributed by atoms with Crippen LogP contribution in [0.4, 0.5) is 0 Å². The first-order valence-electron chi connectivity index (χ1n) is 51.7. The van der Waals surface area contributed by atoms with Gasteiger partial charge in [0, 0.05) is 120 Å². The summed E-state index contributed by atoms with van der Waals surface area (Å²) in [4.78, 5) is 147. The van der Waals surface area contributed by atoms with Gasteiger partial charge in [0.2, 0.25) is 18.9 Å². The molecule has 35 nitrogen and oxygen atoms in total. The zero-order valence-electron chi connectivity index (χ0n) is 86.9. The van der Waals surface area contributed by atoms with E-state index in [1.807, 2.05) is 62.3 Å². The van der Waals surface area contributed by atoms with Gasteiger partial charge in [-0.2, -0.15) is 0 Å². The minimum Gasteiger partial charge on any atom is -0.469 e. The van der Waals surface area contributed by atoms with Gasteiger partial charge in [-0.1, -0.05) is 128 Å². The molecule has 0 aromatic heterocycles. The Hall–Kier alpha value is -6.88. The number of epoxide rings is 5. The molecule has 0 amide bonds. The number of Topliss-reactive ketones (excluding diaryl/α,β-unsaturated/α-hetero) is 6. The van der Waals surface area contributed by atoms with E-state index in [1.165, 1.54) is 40.6 Å². The Balaban J connectivity index is 0.000000118. The van der Waals surface area contributed by atoms with E-state index in [0.717, 1.165) is 125 Å². The first-order valence-corrected chi connectivity index (χ1v) is 51.7. The molecule has 0 aromatic carbocycles. The lowest BCUT2D eigenvalue weighted by molar-refractivity contribution is -0.280. The van der Waals surface area contributed by atoms with E-state index in [4.69, 9.17) is 66.3 Å². The van der Waals surface area contributed by atoms with Crippen LogP contribution < -0.4 is 0 Å². The molecule has 22 rings (SSSR count). The van der Waals surface area contributed by atoms with Gasteiger partial charge in [-0.3, -0.25) is 43.2 Å². The molecule has 12 aliphatic carbocycles. The third-order valence-electron chi connectivity index (χ3n) is 42.5. The van der Waals surface area contributed by atoms with E-state index in [9.17, 15) is 103 Å². The van der Waals surface area contributed by atoms with Crippen molar-refractivity contribution in [3.05, 3.63) is 46.6 Å². The molecular weight excluding hydrogens is 1860 g/mol. The number of ketones is 6. The van der Waals surface area contributed by atoms with Crippen molar-refractivity contribution in [2.75, 3.05) is 48.3 Å². The SMILES string of the molecule is CC(=O)[C@@]1(C)CCC[C@]2(C)/C(=C/CO)[C@]3(CO)O[C@@H]3[C@@H](O)[C@@H]12.CC(=O)[C@@]1(C)CCC[C@]2(C)C3=CC(=O)OC[C@]34O[C@@H]4[C@@H](O)[C@@H]12.COC(=O)CC1OC(=O)C=C2[C@@]13O[C@@H]3[C@@H](O)[C@H]1[C@@](C)(C(C)=O)CCC[C@]21C.CO[C@@H]1OC(=O)C=C2[C@@]13O[C@@H]3[C@@H](O)[C@H]1[C@@](C)(C(C)=O)CCC[C@]21C.CO[C@H]1OC(=O)C[C@@H]2[C@@]3(C)CCC[C@](C)(C(C)=O)[C@@H]3[C@H](O)[C@H]3O[C@]132.CO[C@H]1OC(=O)C[C@H]2[C@@H]1[C@H](O)[C@@H](O)[C@@H]1[C@]2(C)CCC[C@]1(C)C(C)=O.